The molecule has 0 amide bonds. The summed E-state index contributed by atoms with van der Waals surface area (Å²) in [6.07, 6.45) is 70.7. The molecular formula is C66H113O11P. The highest BCUT2D eigenvalue weighted by atomic mass is 31.2. The Bertz CT molecular complexity index is 1680. The van der Waals surface area contributed by atoms with Gasteiger partial charge in [0.05, 0.1) is 19.8 Å². The molecule has 0 saturated carbocycles. The summed E-state index contributed by atoms with van der Waals surface area (Å²) in [6, 6.07) is 0. The molecule has 448 valence electrons. The summed E-state index contributed by atoms with van der Waals surface area (Å²) >= 11 is 0. The van der Waals surface area contributed by atoms with Crippen LogP contribution < -0.4 is 0 Å². The molecule has 11 nitrogen and oxygen atoms in total. The summed E-state index contributed by atoms with van der Waals surface area (Å²) in [5.74, 6) is -1.52. The normalized spacial score (nSPS) is 14.0. The van der Waals surface area contributed by atoms with Gasteiger partial charge in [0.2, 0.25) is 0 Å². The molecular weight excluding hydrogens is 1000 g/mol. The molecule has 0 heterocycles. The molecule has 0 bridgehead atoms. The number of phosphoric ester groups is 1. The van der Waals surface area contributed by atoms with Crippen LogP contribution in [0.3, 0.4) is 0 Å². The van der Waals surface area contributed by atoms with E-state index in [0.29, 0.717) is 19.3 Å². The average Bonchev–Trinajstić information content (AvgIpc) is 3.43. The Morgan fingerprint density at radius 3 is 1.03 bits per heavy atom. The molecule has 0 fully saturated rings. The summed E-state index contributed by atoms with van der Waals surface area (Å²) in [7, 11) is -4.77. The molecule has 0 aliphatic carbocycles. The van der Waals surface area contributed by atoms with E-state index in [1.807, 2.05) is 0 Å². The number of hydrogen-bond acceptors (Lipinski definition) is 10. The van der Waals surface area contributed by atoms with Crippen LogP contribution in [0.4, 0.5) is 0 Å². The van der Waals surface area contributed by atoms with Crippen molar-refractivity contribution in [3.63, 3.8) is 0 Å². The monoisotopic (exact) mass is 1110 g/mol. The smallest absolute Gasteiger partial charge is 0.462 e. The van der Waals surface area contributed by atoms with Gasteiger partial charge in [0.1, 0.15) is 12.7 Å². The fraction of sp³-hybridized carbons (Fsp3) is 0.712. The number of phosphoric acid groups is 1. The van der Waals surface area contributed by atoms with Crippen LogP contribution in [-0.4, -0.2) is 66.5 Å². The number of aliphatic hydroxyl groups excluding tert-OH is 1. The Morgan fingerprint density at radius 1 is 0.372 bits per heavy atom. The number of unbranched alkanes of at least 4 members (excludes halogenated alkanes) is 24. The lowest BCUT2D eigenvalue weighted by Crippen LogP contribution is -2.30. The first-order valence-corrected chi connectivity index (χ1v) is 32.6. The Balaban J connectivity index is 4.76. The number of hydrogen-bond donors (Lipinski definition) is 2. The van der Waals surface area contributed by atoms with Gasteiger partial charge >= 0.3 is 25.7 Å². The second-order valence-corrected chi connectivity index (χ2v) is 21.9. The first kappa shape index (κ1) is 74.4. The van der Waals surface area contributed by atoms with Crippen LogP contribution >= 0.6 is 7.82 Å². The second kappa shape index (κ2) is 59.5. The molecule has 0 aromatic rings. The average molecular weight is 1110 g/mol. The van der Waals surface area contributed by atoms with Crippen molar-refractivity contribution in [3.05, 3.63) is 97.2 Å². The zero-order valence-electron chi connectivity index (χ0n) is 49.6. The quantitative estimate of drug-likeness (QED) is 0.0197. The molecule has 3 unspecified atom stereocenters. The zero-order chi connectivity index (χ0) is 56.9. The van der Waals surface area contributed by atoms with Crippen molar-refractivity contribution < 1.29 is 52.2 Å². The van der Waals surface area contributed by atoms with Crippen LogP contribution in [0.25, 0.3) is 0 Å². The summed E-state index contributed by atoms with van der Waals surface area (Å²) in [5, 5.41) is 9.85. The maximum atomic E-state index is 12.9. The van der Waals surface area contributed by atoms with Crippen molar-refractivity contribution in [2.75, 3.05) is 26.4 Å². The van der Waals surface area contributed by atoms with Gasteiger partial charge in [0.15, 0.2) is 6.10 Å². The van der Waals surface area contributed by atoms with Crippen molar-refractivity contribution >= 4 is 25.7 Å². The van der Waals surface area contributed by atoms with Crippen molar-refractivity contribution in [1.29, 1.82) is 0 Å². The van der Waals surface area contributed by atoms with E-state index >= 15 is 0 Å². The Kier molecular flexibility index (Phi) is 56.8. The number of rotatable bonds is 57. The lowest BCUT2D eigenvalue weighted by molar-refractivity contribution is -0.161. The molecule has 2 N–H and O–H groups in total. The fourth-order valence-electron chi connectivity index (χ4n) is 8.34. The molecule has 0 radical (unpaired) electrons. The summed E-state index contributed by atoms with van der Waals surface area (Å²) in [5.41, 5.74) is 0. The number of esters is 3. The van der Waals surface area contributed by atoms with E-state index in [0.717, 1.165) is 122 Å². The minimum Gasteiger partial charge on any atom is -0.462 e. The maximum absolute atomic E-state index is 12.9. The van der Waals surface area contributed by atoms with Crippen LogP contribution in [0.5, 0.6) is 0 Å². The number of allylic oxidation sites excluding steroid dienone is 16. The van der Waals surface area contributed by atoms with Gasteiger partial charge in [-0.3, -0.25) is 23.4 Å². The maximum Gasteiger partial charge on any atom is 0.472 e. The Morgan fingerprint density at radius 2 is 0.667 bits per heavy atom. The predicted octanol–water partition coefficient (Wildman–Crippen LogP) is 18.8. The zero-order valence-corrected chi connectivity index (χ0v) is 50.5. The number of aliphatic hydroxyl groups is 1. The van der Waals surface area contributed by atoms with Gasteiger partial charge in [-0.05, 0) is 96.3 Å². The van der Waals surface area contributed by atoms with E-state index in [-0.39, 0.29) is 25.9 Å². The highest BCUT2D eigenvalue weighted by molar-refractivity contribution is 7.47. The van der Waals surface area contributed by atoms with Crippen molar-refractivity contribution in [3.8, 4) is 0 Å². The predicted molar refractivity (Wildman–Crippen MR) is 325 cm³/mol. The minimum absolute atomic E-state index is 0.131. The first-order chi connectivity index (χ1) is 38.2. The number of ether oxygens (including phenoxy) is 3. The fourth-order valence-corrected chi connectivity index (χ4v) is 9.12. The minimum atomic E-state index is -4.77. The van der Waals surface area contributed by atoms with Gasteiger partial charge in [-0.2, -0.15) is 0 Å². The van der Waals surface area contributed by atoms with Crippen LogP contribution in [0, 0.1) is 0 Å². The van der Waals surface area contributed by atoms with E-state index in [9.17, 15) is 28.9 Å². The highest BCUT2D eigenvalue weighted by Gasteiger charge is 2.28. The van der Waals surface area contributed by atoms with Gasteiger partial charge in [-0.15, -0.1) is 0 Å². The van der Waals surface area contributed by atoms with Crippen LogP contribution in [0.1, 0.15) is 265 Å². The molecule has 0 saturated heterocycles. The first-order valence-electron chi connectivity index (χ1n) is 31.1. The summed E-state index contributed by atoms with van der Waals surface area (Å²) in [6.45, 7) is 4.39. The molecule has 12 heteroatoms. The van der Waals surface area contributed by atoms with Crippen molar-refractivity contribution in [2.45, 2.75) is 277 Å². The third kappa shape index (κ3) is 57.1. The van der Waals surface area contributed by atoms with Gasteiger partial charge in [0, 0.05) is 19.3 Å². The van der Waals surface area contributed by atoms with E-state index in [2.05, 4.69) is 118 Å². The topological polar surface area (TPSA) is 155 Å². The number of carbonyl (C=O) groups is 3. The van der Waals surface area contributed by atoms with Crippen molar-refractivity contribution in [1.82, 2.24) is 0 Å². The summed E-state index contributed by atoms with van der Waals surface area (Å²) < 4.78 is 39.6. The molecule has 0 spiro atoms. The Labute approximate surface area is 476 Å². The van der Waals surface area contributed by atoms with E-state index in [1.54, 1.807) is 0 Å². The van der Waals surface area contributed by atoms with Gasteiger partial charge in [0.25, 0.3) is 0 Å². The van der Waals surface area contributed by atoms with Crippen LogP contribution in [0.15, 0.2) is 97.2 Å². The third-order valence-corrected chi connectivity index (χ3v) is 14.0. The van der Waals surface area contributed by atoms with Gasteiger partial charge in [-0.1, -0.05) is 246 Å². The molecule has 0 rings (SSSR count). The van der Waals surface area contributed by atoms with Gasteiger partial charge in [-0.25, -0.2) is 4.57 Å². The van der Waals surface area contributed by atoms with Crippen LogP contribution in [-0.2, 0) is 42.2 Å². The molecule has 0 aliphatic rings. The lowest BCUT2D eigenvalue weighted by Gasteiger charge is -2.21. The third-order valence-electron chi connectivity index (χ3n) is 13.0. The van der Waals surface area contributed by atoms with E-state index in [4.69, 9.17) is 23.3 Å². The van der Waals surface area contributed by atoms with Gasteiger partial charge < -0.3 is 24.2 Å². The highest BCUT2D eigenvalue weighted by Crippen LogP contribution is 2.43. The van der Waals surface area contributed by atoms with E-state index in [1.165, 1.54) is 83.5 Å². The van der Waals surface area contributed by atoms with Crippen LogP contribution in [0.2, 0.25) is 0 Å². The molecule has 78 heavy (non-hydrogen) atoms. The lowest BCUT2D eigenvalue weighted by atomic mass is 10.0. The molecule has 0 aromatic carbocycles. The van der Waals surface area contributed by atoms with E-state index < -0.39 is 57.8 Å². The molecule has 3 atom stereocenters. The SMILES string of the molecule is CC/C=C\C/C=C\C/C=C\C/C=C\CCCCCCC(=O)OCC(COP(=O)(O)OCC(CO)OC(=O)CCCCCCCCCCCCCCCCCCC)OC(=O)CCCCCC/C=C\C/C=C\C/C=C\C/C=C\CC. The number of carbonyl (C=O) groups excluding carboxylic acids is 3. The molecule has 0 aliphatic heterocycles. The summed E-state index contributed by atoms with van der Waals surface area (Å²) in [4.78, 5) is 48.7. The second-order valence-electron chi connectivity index (χ2n) is 20.5. The molecule has 0 aromatic heterocycles. The Hall–Kier alpha value is -3.60. The standard InChI is InChI=1S/C66H113O11P/c1-4-7-10-13-16-19-22-25-28-31-34-37-40-43-46-49-52-55-64(68)73-59-63(77-66(70)57-54-51-48-45-42-39-36-33-30-27-24-21-18-15-12-9-6-3)61-75-78(71,72)74-60-62(58-67)76-65(69)56-53-50-47-44-41-38-35-32-29-26-23-20-17-14-11-8-5-2/h7,9-10,12,16,18-19,21,25,27-28,30,34,36-37,39,62-63,67H,4-6,8,11,13-15,17,20,22-24,26,29,31-33,35,38,40-61H2,1-3H3,(H,71,72)/b10-7-,12-9-,19-16-,21-18-,28-25-,30-27-,37-34-,39-36-. The largest absolute Gasteiger partial charge is 0.472 e. The van der Waals surface area contributed by atoms with Crippen molar-refractivity contribution in [2.24, 2.45) is 0 Å².